The van der Waals surface area contributed by atoms with Crippen LogP contribution in [0.25, 0.3) is 88.3 Å². The quantitative estimate of drug-likeness (QED) is 0.190. The van der Waals surface area contributed by atoms with E-state index in [-0.39, 0.29) is 5.82 Å². The SMILES string of the molecule is Cc1ccc(-c2ccc3ccc4c(-c5ccc(C)cc5)cc(-c5nc6cc(-c7ccc(F)cc7)ccc6o5)c5ccc2c3c45)cc1. The van der Waals surface area contributed by atoms with Crippen LogP contribution < -0.4 is 0 Å². The maximum atomic E-state index is 13.6. The fraction of sp³-hybridized carbons (Fsp3) is 0.0465. The van der Waals surface area contributed by atoms with E-state index in [1.165, 1.54) is 61.3 Å². The highest BCUT2D eigenvalue weighted by Gasteiger charge is 2.21. The van der Waals surface area contributed by atoms with Crippen LogP contribution in [0, 0.1) is 19.7 Å². The Bertz CT molecular complexity index is 2580. The third-order valence-electron chi connectivity index (χ3n) is 9.30. The minimum absolute atomic E-state index is 0.252. The van der Waals surface area contributed by atoms with E-state index in [4.69, 9.17) is 9.40 Å². The molecule has 1 aromatic heterocycles. The number of halogens is 1. The summed E-state index contributed by atoms with van der Waals surface area (Å²) in [7, 11) is 0. The van der Waals surface area contributed by atoms with Crippen LogP contribution in [0.2, 0.25) is 0 Å². The van der Waals surface area contributed by atoms with E-state index in [1.807, 2.05) is 18.2 Å². The number of oxazole rings is 1. The molecule has 0 unspecified atom stereocenters. The van der Waals surface area contributed by atoms with Crippen LogP contribution in [0.3, 0.4) is 0 Å². The summed E-state index contributed by atoms with van der Waals surface area (Å²) in [5.74, 6) is 0.328. The van der Waals surface area contributed by atoms with Gasteiger partial charge in [0.15, 0.2) is 5.58 Å². The van der Waals surface area contributed by atoms with Gasteiger partial charge in [-0.25, -0.2) is 9.37 Å². The highest BCUT2D eigenvalue weighted by Crippen LogP contribution is 2.46. The number of fused-ring (bicyclic) bond motifs is 1. The molecule has 0 aliphatic rings. The molecule has 0 bridgehead atoms. The van der Waals surface area contributed by atoms with Crippen LogP contribution in [0.15, 0.2) is 138 Å². The second-order valence-corrected chi connectivity index (χ2v) is 12.3. The third kappa shape index (κ3) is 4.20. The Morgan fingerprint density at radius 2 is 1.04 bits per heavy atom. The van der Waals surface area contributed by atoms with Crippen molar-refractivity contribution in [3.63, 3.8) is 0 Å². The zero-order valence-corrected chi connectivity index (χ0v) is 25.4. The van der Waals surface area contributed by atoms with Crippen LogP contribution >= 0.6 is 0 Å². The molecule has 0 fully saturated rings. The summed E-state index contributed by atoms with van der Waals surface area (Å²) in [5.41, 5.74) is 11.5. The number of hydrogen-bond acceptors (Lipinski definition) is 2. The van der Waals surface area contributed by atoms with E-state index in [2.05, 4.69) is 105 Å². The summed E-state index contributed by atoms with van der Waals surface area (Å²) in [6.45, 7) is 4.24. The van der Waals surface area contributed by atoms with Crippen molar-refractivity contribution in [2.75, 3.05) is 0 Å². The summed E-state index contributed by atoms with van der Waals surface area (Å²) in [4.78, 5) is 5.05. The highest BCUT2D eigenvalue weighted by molar-refractivity contribution is 6.29. The number of aromatic nitrogens is 1. The summed E-state index contributed by atoms with van der Waals surface area (Å²) in [6, 6.07) is 45.7. The van der Waals surface area contributed by atoms with Crippen LogP contribution in [0.4, 0.5) is 4.39 Å². The minimum atomic E-state index is -0.252. The van der Waals surface area contributed by atoms with E-state index in [1.54, 1.807) is 12.1 Å². The summed E-state index contributed by atoms with van der Waals surface area (Å²) >= 11 is 0. The summed E-state index contributed by atoms with van der Waals surface area (Å²) < 4.78 is 20.1. The first-order chi connectivity index (χ1) is 22.5. The van der Waals surface area contributed by atoms with Crippen molar-refractivity contribution in [1.29, 1.82) is 0 Å². The fourth-order valence-corrected chi connectivity index (χ4v) is 6.90. The average molecular weight is 594 g/mol. The molecule has 0 aliphatic heterocycles. The lowest BCUT2D eigenvalue weighted by Gasteiger charge is -2.18. The predicted octanol–water partition coefficient (Wildman–Crippen LogP) is 12.1. The standard InChI is InChI=1S/C43H28FNO/c1-25-3-7-28(8-4-25)33-18-13-30-14-19-35-37(29-9-5-26(2)6-10-29)24-38(36-21-20-34(33)41(30)42(35)36)43-45-39-23-31(15-22-40(39)46-43)27-11-16-32(44)17-12-27/h3-24H,1-2H3. The molecule has 9 rings (SSSR count). The minimum Gasteiger partial charge on any atom is -0.436 e. The maximum absolute atomic E-state index is 13.6. The molecule has 0 saturated carbocycles. The topological polar surface area (TPSA) is 26.0 Å². The molecule has 0 radical (unpaired) electrons. The molecule has 1 heterocycles. The van der Waals surface area contributed by atoms with Crippen molar-refractivity contribution in [2.45, 2.75) is 13.8 Å². The lowest BCUT2D eigenvalue weighted by molar-refractivity contribution is 0.620. The van der Waals surface area contributed by atoms with Gasteiger partial charge in [0.1, 0.15) is 11.3 Å². The van der Waals surface area contributed by atoms with E-state index >= 15 is 0 Å². The average Bonchev–Trinajstić information content (AvgIpc) is 3.51. The van der Waals surface area contributed by atoms with Crippen molar-refractivity contribution in [2.24, 2.45) is 0 Å². The molecule has 3 heteroatoms. The Morgan fingerprint density at radius 3 is 1.76 bits per heavy atom. The zero-order chi connectivity index (χ0) is 30.9. The lowest BCUT2D eigenvalue weighted by Crippen LogP contribution is -1.92. The fourth-order valence-electron chi connectivity index (χ4n) is 6.90. The molecule has 0 saturated heterocycles. The molecule has 8 aromatic carbocycles. The first kappa shape index (κ1) is 26.6. The number of rotatable bonds is 4. The van der Waals surface area contributed by atoms with E-state index in [9.17, 15) is 4.39 Å². The Labute approximate surface area is 265 Å². The molecule has 0 N–H and O–H groups in total. The first-order valence-corrected chi connectivity index (χ1v) is 15.6. The number of benzene rings is 8. The van der Waals surface area contributed by atoms with Gasteiger partial charge in [0.05, 0.1) is 0 Å². The smallest absolute Gasteiger partial charge is 0.227 e. The van der Waals surface area contributed by atoms with Crippen molar-refractivity contribution in [1.82, 2.24) is 4.98 Å². The van der Waals surface area contributed by atoms with Gasteiger partial charge in [0.2, 0.25) is 5.89 Å². The van der Waals surface area contributed by atoms with Crippen molar-refractivity contribution in [3.05, 3.63) is 150 Å². The van der Waals surface area contributed by atoms with Gasteiger partial charge in [-0.05, 0) is 110 Å². The highest BCUT2D eigenvalue weighted by atomic mass is 19.1. The van der Waals surface area contributed by atoms with Gasteiger partial charge in [0, 0.05) is 5.56 Å². The van der Waals surface area contributed by atoms with E-state index < -0.39 is 0 Å². The second kappa shape index (κ2) is 10.1. The van der Waals surface area contributed by atoms with E-state index in [0.29, 0.717) is 11.5 Å². The summed E-state index contributed by atoms with van der Waals surface area (Å²) in [6.07, 6.45) is 0. The third-order valence-corrected chi connectivity index (χ3v) is 9.30. The normalized spacial score (nSPS) is 11.8. The molecule has 46 heavy (non-hydrogen) atoms. The van der Waals surface area contributed by atoms with E-state index in [0.717, 1.165) is 38.7 Å². The number of nitrogens with zero attached hydrogens (tertiary/aromatic N) is 1. The Morgan fingerprint density at radius 1 is 0.478 bits per heavy atom. The van der Waals surface area contributed by atoms with Gasteiger partial charge in [-0.3, -0.25) is 0 Å². The van der Waals surface area contributed by atoms with Gasteiger partial charge in [-0.1, -0.05) is 114 Å². The van der Waals surface area contributed by atoms with Gasteiger partial charge < -0.3 is 4.42 Å². The molecule has 0 atom stereocenters. The molecule has 2 nitrogen and oxygen atoms in total. The largest absolute Gasteiger partial charge is 0.436 e. The van der Waals surface area contributed by atoms with Gasteiger partial charge in [-0.15, -0.1) is 0 Å². The van der Waals surface area contributed by atoms with Crippen molar-refractivity contribution < 1.29 is 8.81 Å². The Kier molecular flexibility index (Phi) is 5.85. The van der Waals surface area contributed by atoms with Crippen LogP contribution in [-0.4, -0.2) is 4.98 Å². The molecule has 0 amide bonds. The molecular weight excluding hydrogens is 565 g/mol. The first-order valence-electron chi connectivity index (χ1n) is 15.6. The molecule has 9 aromatic rings. The van der Waals surface area contributed by atoms with Crippen LogP contribution in [-0.2, 0) is 0 Å². The molecule has 218 valence electrons. The zero-order valence-electron chi connectivity index (χ0n) is 25.4. The number of aryl methyl sites for hydroxylation is 2. The Hall–Kier alpha value is -5.80. The van der Waals surface area contributed by atoms with Gasteiger partial charge >= 0.3 is 0 Å². The van der Waals surface area contributed by atoms with Gasteiger partial charge in [0.25, 0.3) is 0 Å². The predicted molar refractivity (Wildman–Crippen MR) is 189 cm³/mol. The molecular formula is C43H28FNO. The Balaban J connectivity index is 1.33. The molecule has 0 spiro atoms. The van der Waals surface area contributed by atoms with Crippen LogP contribution in [0.1, 0.15) is 11.1 Å². The lowest BCUT2D eigenvalue weighted by atomic mass is 9.85. The van der Waals surface area contributed by atoms with Crippen LogP contribution in [0.5, 0.6) is 0 Å². The van der Waals surface area contributed by atoms with Crippen molar-refractivity contribution >= 4 is 43.4 Å². The maximum Gasteiger partial charge on any atom is 0.227 e. The molecule has 0 aliphatic carbocycles. The summed E-state index contributed by atoms with van der Waals surface area (Å²) in [5, 5.41) is 7.21. The van der Waals surface area contributed by atoms with Crippen molar-refractivity contribution in [3.8, 4) is 44.8 Å². The second-order valence-electron chi connectivity index (χ2n) is 12.3. The monoisotopic (exact) mass is 593 g/mol. The van der Waals surface area contributed by atoms with Gasteiger partial charge in [-0.2, -0.15) is 0 Å². The number of hydrogen-bond donors (Lipinski definition) is 0.